The molecule has 0 aliphatic rings. The van der Waals surface area contributed by atoms with Crippen molar-refractivity contribution in [3.05, 3.63) is 42.0 Å². The molecular weight excluding hydrogens is 296 g/mol. The fraction of sp³-hybridized carbons (Fsp3) is 0.500. The highest BCUT2D eigenvalue weighted by Gasteiger charge is 2.41. The van der Waals surface area contributed by atoms with E-state index in [4.69, 9.17) is 0 Å². The van der Waals surface area contributed by atoms with E-state index in [1.165, 1.54) is 11.1 Å². The van der Waals surface area contributed by atoms with Crippen molar-refractivity contribution >= 4 is 23.5 Å². The van der Waals surface area contributed by atoms with Gasteiger partial charge in [-0.25, -0.2) is 0 Å². The van der Waals surface area contributed by atoms with Crippen LogP contribution in [0.3, 0.4) is 0 Å². The minimum Gasteiger partial charge on any atom is -0.130 e. The molecule has 2 heteroatoms. The second-order valence-corrected chi connectivity index (χ2v) is 13.2. The summed E-state index contributed by atoms with van der Waals surface area (Å²) in [4.78, 5) is 0. The van der Waals surface area contributed by atoms with E-state index in [1.807, 2.05) is 6.07 Å². The smallest absolute Gasteiger partial charge is 0.130 e. The van der Waals surface area contributed by atoms with E-state index in [0.29, 0.717) is 16.6 Å². The predicted octanol–water partition coefficient (Wildman–Crippen LogP) is 5.59. The van der Waals surface area contributed by atoms with E-state index in [0.717, 1.165) is 11.6 Å². The third-order valence-corrected chi connectivity index (χ3v) is 11.4. The Kier molecular flexibility index (Phi) is 6.90. The Labute approximate surface area is 141 Å². The van der Waals surface area contributed by atoms with Crippen LogP contribution in [0.2, 0.25) is 16.6 Å². The van der Waals surface area contributed by atoms with Gasteiger partial charge >= 0.3 is 0 Å². The zero-order valence-electron chi connectivity index (χ0n) is 15.0. The van der Waals surface area contributed by atoms with Gasteiger partial charge in [0, 0.05) is 6.42 Å². The summed E-state index contributed by atoms with van der Waals surface area (Å²) >= 11 is 0. The first-order valence-electron chi connectivity index (χ1n) is 8.22. The fourth-order valence-corrected chi connectivity index (χ4v) is 9.20. The zero-order valence-corrected chi connectivity index (χ0v) is 17.0. The van der Waals surface area contributed by atoms with E-state index in [-0.39, 0.29) is 0 Å². The van der Waals surface area contributed by atoms with Gasteiger partial charge in [0.25, 0.3) is 0 Å². The molecule has 0 aromatic heterocycles. The second kappa shape index (κ2) is 7.99. The van der Waals surface area contributed by atoms with Gasteiger partial charge in [0.2, 0.25) is 0 Å². The highest BCUT2D eigenvalue weighted by atomic mass is 28.3. The summed E-state index contributed by atoms with van der Waals surface area (Å²) in [5.74, 6) is 3.53. The first-order chi connectivity index (χ1) is 10.2. The molecule has 0 amide bonds. The van der Waals surface area contributed by atoms with Gasteiger partial charge in [-0.15, -0.1) is 18.0 Å². The molecule has 0 saturated heterocycles. The van der Waals surface area contributed by atoms with Crippen LogP contribution in [0.4, 0.5) is 0 Å². The van der Waals surface area contributed by atoms with Crippen LogP contribution in [-0.4, -0.2) is 18.3 Å². The Morgan fingerprint density at radius 2 is 1.55 bits per heavy atom. The lowest BCUT2D eigenvalue weighted by Crippen LogP contribution is -2.43. The molecule has 0 fully saturated rings. The summed E-state index contributed by atoms with van der Waals surface area (Å²) in [5, 5.41) is 0.928. The Morgan fingerprint density at radius 1 is 1.05 bits per heavy atom. The topological polar surface area (TPSA) is 0 Å². The normalized spacial score (nSPS) is 11.7. The molecule has 0 aliphatic carbocycles. The minimum absolute atomic E-state index is 0.681. The molecule has 0 spiro atoms. The molecule has 0 aliphatic heterocycles. The van der Waals surface area contributed by atoms with Crippen molar-refractivity contribution in [2.45, 2.75) is 64.6 Å². The van der Waals surface area contributed by atoms with Crippen molar-refractivity contribution in [2.24, 2.45) is 0 Å². The van der Waals surface area contributed by atoms with Gasteiger partial charge in [-0.3, -0.25) is 0 Å². The number of benzene rings is 1. The van der Waals surface area contributed by atoms with Crippen molar-refractivity contribution in [1.29, 1.82) is 0 Å². The lowest BCUT2D eigenvalue weighted by atomic mass is 10.1. The van der Waals surface area contributed by atoms with Crippen LogP contribution < -0.4 is 0 Å². The van der Waals surface area contributed by atoms with Gasteiger partial charge in [-0.2, -0.15) is 0 Å². The van der Waals surface area contributed by atoms with Gasteiger partial charge in [0.1, 0.15) is 8.07 Å². The van der Waals surface area contributed by atoms with Crippen LogP contribution in [0.5, 0.6) is 0 Å². The van der Waals surface area contributed by atoms with Gasteiger partial charge in [0.15, 0.2) is 0 Å². The maximum absolute atomic E-state index is 4.00. The lowest BCUT2D eigenvalue weighted by molar-refractivity contribution is 0.838. The van der Waals surface area contributed by atoms with Crippen molar-refractivity contribution in [3.8, 4) is 11.5 Å². The quantitative estimate of drug-likeness (QED) is 0.489. The number of hydrogen-bond donors (Lipinski definition) is 0. The first kappa shape index (κ1) is 19.0. The summed E-state index contributed by atoms with van der Waals surface area (Å²) in [5.41, 5.74) is 8.26. The second-order valence-electron chi connectivity index (χ2n) is 7.01. The molecule has 0 bridgehead atoms. The van der Waals surface area contributed by atoms with Crippen molar-refractivity contribution in [3.63, 3.8) is 0 Å². The molecular formula is C20H29Si2. The molecule has 0 N–H and O–H groups in total. The Balaban J connectivity index is 3.14. The third-order valence-electron chi connectivity index (χ3n) is 4.79. The van der Waals surface area contributed by atoms with Gasteiger partial charge < -0.3 is 0 Å². The highest BCUT2D eigenvalue weighted by Crippen LogP contribution is 2.40. The van der Waals surface area contributed by atoms with Crippen molar-refractivity contribution in [2.75, 3.05) is 0 Å². The molecule has 117 valence electrons. The maximum atomic E-state index is 4.00. The van der Waals surface area contributed by atoms with Crippen LogP contribution in [-0.2, 0) is 6.42 Å². The molecule has 1 rings (SSSR count). The highest BCUT2D eigenvalue weighted by molar-refractivity contribution is 6.90. The molecule has 3 radical (unpaired) electrons. The summed E-state index contributed by atoms with van der Waals surface area (Å²) in [6, 6.07) is 8.38. The Hall–Kier alpha value is -1.05. The molecule has 0 atom stereocenters. The van der Waals surface area contributed by atoms with E-state index in [1.54, 1.807) is 0 Å². The third kappa shape index (κ3) is 4.03. The predicted molar refractivity (Wildman–Crippen MR) is 104 cm³/mol. The Bertz CT molecular complexity index is 549. The van der Waals surface area contributed by atoms with E-state index < -0.39 is 8.07 Å². The van der Waals surface area contributed by atoms with Crippen LogP contribution in [0.15, 0.2) is 30.8 Å². The molecule has 0 unspecified atom stereocenters. The molecule has 0 nitrogen and oxygen atoms in total. The van der Waals surface area contributed by atoms with Gasteiger partial charge in [0.05, 0.1) is 10.2 Å². The standard InChI is InChI=1S/C20H29Si2/c1-15(2)22(16(3)4,17(5)6)14-10-12-19-11-8-9-13-20(19)18(7)21/h8-9,11,13,15-17H,7,12H2,1-6H3. The van der Waals surface area contributed by atoms with Crippen LogP contribution in [0, 0.1) is 11.5 Å². The monoisotopic (exact) mass is 325 g/mol. The molecule has 1 aromatic carbocycles. The SMILES string of the molecule is C=C([Si])c1ccccc1CC#C[Si](C(C)C)(C(C)C)C(C)C. The summed E-state index contributed by atoms with van der Waals surface area (Å²) in [7, 11) is 1.93. The fourth-order valence-electron chi connectivity index (χ4n) is 3.69. The number of rotatable bonds is 5. The summed E-state index contributed by atoms with van der Waals surface area (Å²) in [6.07, 6.45) is 0.806. The first-order valence-corrected chi connectivity index (χ1v) is 11.0. The van der Waals surface area contributed by atoms with Crippen molar-refractivity contribution < 1.29 is 0 Å². The average Bonchev–Trinajstić information content (AvgIpc) is 2.42. The van der Waals surface area contributed by atoms with Gasteiger partial charge in [-0.1, -0.05) is 71.0 Å². The van der Waals surface area contributed by atoms with Crippen molar-refractivity contribution in [1.82, 2.24) is 0 Å². The van der Waals surface area contributed by atoms with Crippen LogP contribution in [0.1, 0.15) is 52.7 Å². The minimum atomic E-state index is -1.62. The molecule has 0 heterocycles. The van der Waals surface area contributed by atoms with Crippen LogP contribution >= 0.6 is 0 Å². The summed E-state index contributed by atoms with van der Waals surface area (Å²) < 4.78 is 0. The van der Waals surface area contributed by atoms with E-state index in [9.17, 15) is 0 Å². The number of hydrogen-bond acceptors (Lipinski definition) is 0. The van der Waals surface area contributed by atoms with Gasteiger partial charge in [-0.05, 0) is 27.8 Å². The largest absolute Gasteiger partial charge is 0.145 e. The zero-order chi connectivity index (χ0) is 16.9. The molecule has 1 aromatic rings. The maximum Gasteiger partial charge on any atom is 0.145 e. The van der Waals surface area contributed by atoms with E-state index in [2.05, 4.69) is 88.0 Å². The van der Waals surface area contributed by atoms with E-state index >= 15 is 0 Å². The summed E-state index contributed by atoms with van der Waals surface area (Å²) in [6.45, 7) is 18.1. The average molecular weight is 326 g/mol. The lowest BCUT2D eigenvalue weighted by Gasteiger charge is -2.38. The molecule has 0 saturated carbocycles. The molecule has 22 heavy (non-hydrogen) atoms. The van der Waals surface area contributed by atoms with Crippen LogP contribution in [0.25, 0.3) is 5.20 Å². The Morgan fingerprint density at radius 3 is 2.00 bits per heavy atom.